The Bertz CT molecular complexity index is 50.2. The fourth-order valence-corrected chi connectivity index (χ4v) is 0. The predicted octanol–water partition coefficient (Wildman–Crippen LogP) is 3.91. The molecule has 0 bridgehead atoms. The van der Waals surface area contributed by atoms with E-state index < -0.39 is 36.8 Å². The summed E-state index contributed by atoms with van der Waals surface area (Å²) in [6.45, 7) is 0. The van der Waals surface area contributed by atoms with Gasteiger partial charge in [-0.1, -0.05) is 0 Å². The van der Waals surface area contributed by atoms with Crippen molar-refractivity contribution in [2.45, 2.75) is 39.5 Å². The third-order valence-electron chi connectivity index (χ3n) is 0. The number of hydrogen-bond donors (Lipinski definition) is 0. The first kappa shape index (κ1) is 14.1. The quantitative estimate of drug-likeness (QED) is 0.577. The van der Waals surface area contributed by atoms with Crippen molar-refractivity contribution in [3.8, 4) is 0 Å². The fourth-order valence-electron chi connectivity index (χ4n) is 0. The van der Waals surface area contributed by atoms with Gasteiger partial charge in [-0.15, -0.1) is 0 Å². The van der Waals surface area contributed by atoms with E-state index in [9.17, 15) is 0 Å². The van der Waals surface area contributed by atoms with Crippen LogP contribution in [0.1, 0.15) is 0 Å². The molecule has 0 amide bonds. The first-order valence-electron chi connectivity index (χ1n) is 4.00. The summed E-state index contributed by atoms with van der Waals surface area (Å²) in [5.74, 6) is 0. The molecule has 0 heterocycles. The summed E-state index contributed by atoms with van der Waals surface area (Å²) >= 11 is -2.36. The van der Waals surface area contributed by atoms with Crippen LogP contribution in [-0.4, -0.2) is 36.8 Å². The van der Waals surface area contributed by atoms with E-state index in [-0.39, 0.29) is 0 Å². The van der Waals surface area contributed by atoms with Crippen molar-refractivity contribution in [2.75, 3.05) is 0 Å². The topological polar surface area (TPSA) is 0 Å². The van der Waals surface area contributed by atoms with Crippen molar-refractivity contribution in [3.05, 3.63) is 0 Å². The summed E-state index contributed by atoms with van der Waals surface area (Å²) in [5, 5.41) is 0. The Balaban J connectivity index is 0. The van der Waals surface area contributed by atoms with Gasteiger partial charge in [-0.25, -0.2) is 0 Å². The molecule has 0 aliphatic rings. The number of hydrogen-bond acceptors (Lipinski definition) is 0. The zero-order valence-electron chi connectivity index (χ0n) is 9.00. The Morgan fingerprint density at radius 3 is 0.400 bits per heavy atom. The van der Waals surface area contributed by atoms with Gasteiger partial charge in [0.15, 0.2) is 0 Å². The van der Waals surface area contributed by atoms with Gasteiger partial charge in [-0.3, -0.25) is 0 Å². The van der Waals surface area contributed by atoms with Gasteiger partial charge in [-0.05, 0) is 0 Å². The summed E-state index contributed by atoms with van der Waals surface area (Å²) < 4.78 is 0. The van der Waals surface area contributed by atoms with Crippen molar-refractivity contribution in [1.82, 2.24) is 0 Å². The Hall–Kier alpha value is 1.60. The van der Waals surface area contributed by atoms with E-state index >= 15 is 0 Å². The predicted molar refractivity (Wildman–Crippen MR) is 58.4 cm³/mol. The van der Waals surface area contributed by atoms with Crippen molar-refractivity contribution in [1.29, 1.82) is 0 Å². The molecule has 2 heteroatoms. The van der Waals surface area contributed by atoms with E-state index in [4.69, 9.17) is 0 Å². The van der Waals surface area contributed by atoms with Crippen LogP contribution >= 0.6 is 0 Å². The van der Waals surface area contributed by atoms with E-state index in [0.29, 0.717) is 0 Å². The molecule has 64 valence electrons. The second-order valence-electron chi connectivity index (χ2n) is 6.00. The maximum absolute atomic E-state index is 2.40. The van der Waals surface area contributed by atoms with Gasteiger partial charge in [0.05, 0.1) is 0 Å². The second kappa shape index (κ2) is 5.28. The van der Waals surface area contributed by atoms with E-state index in [2.05, 4.69) is 39.5 Å². The zero-order chi connectivity index (χ0) is 9.00. The van der Waals surface area contributed by atoms with Crippen LogP contribution in [-0.2, 0) is 0 Å². The van der Waals surface area contributed by atoms with Crippen LogP contribution in [0.15, 0.2) is 0 Å². The third-order valence-corrected chi connectivity index (χ3v) is 0. The van der Waals surface area contributed by atoms with Gasteiger partial charge < -0.3 is 0 Å². The van der Waals surface area contributed by atoms with Crippen LogP contribution in [0.25, 0.3) is 0 Å². The molecule has 0 aromatic heterocycles. The summed E-state index contributed by atoms with van der Waals surface area (Å²) in [5.41, 5.74) is 0. The molecule has 0 fully saturated rings. The minimum absolute atomic E-state index is 1.18. The molecule has 0 aliphatic heterocycles. The molecule has 0 aliphatic carbocycles. The number of rotatable bonds is 0. The molecule has 0 unspecified atom stereocenters. The van der Waals surface area contributed by atoms with Crippen LogP contribution in [0.5, 0.6) is 0 Å². The van der Waals surface area contributed by atoms with E-state index in [1.807, 2.05) is 0 Å². The molecule has 0 saturated carbocycles. The summed E-state index contributed by atoms with van der Waals surface area (Å²) in [6.07, 6.45) is 0. The summed E-state index contributed by atoms with van der Waals surface area (Å²) in [7, 11) is 0. The standard InChI is InChI=1S/8CH3.2Sn/h8*1H3;;. The Morgan fingerprint density at radius 2 is 0.400 bits per heavy atom. The third kappa shape index (κ3) is 278. The van der Waals surface area contributed by atoms with Crippen LogP contribution in [0, 0.1) is 0 Å². The molecule has 0 aromatic rings. The van der Waals surface area contributed by atoms with Crippen molar-refractivity contribution in [3.63, 3.8) is 0 Å². The monoisotopic (exact) mass is 360 g/mol. The normalized spacial score (nSPS) is 12.0. The average Bonchev–Trinajstić information content (AvgIpc) is 1.12. The molecule has 10 heavy (non-hydrogen) atoms. The maximum atomic E-state index is 2.40. The zero-order valence-corrected chi connectivity index (χ0v) is 14.7. The Morgan fingerprint density at radius 1 is 0.400 bits per heavy atom. The van der Waals surface area contributed by atoms with Gasteiger partial charge in [0, 0.05) is 0 Å². The van der Waals surface area contributed by atoms with Crippen LogP contribution in [0.2, 0.25) is 39.5 Å². The SMILES string of the molecule is [CH3][Sn]([CH3])([CH3])[CH3].[CH3][Sn]([CH3])([CH3])[CH3]. The van der Waals surface area contributed by atoms with Crippen molar-refractivity contribution in [2.24, 2.45) is 0 Å². The molecule has 0 rings (SSSR count). The van der Waals surface area contributed by atoms with E-state index in [0.717, 1.165) is 0 Å². The van der Waals surface area contributed by atoms with Crippen LogP contribution in [0.3, 0.4) is 0 Å². The Labute approximate surface area is 75.5 Å². The molecular formula is C8H24Sn2. The van der Waals surface area contributed by atoms with Gasteiger partial charge in [0.1, 0.15) is 0 Å². The molecule has 0 N–H and O–H groups in total. The minimum atomic E-state index is -1.18. The fraction of sp³-hybridized carbons (Fsp3) is 1.00. The van der Waals surface area contributed by atoms with E-state index in [1.54, 1.807) is 0 Å². The van der Waals surface area contributed by atoms with E-state index in [1.165, 1.54) is 0 Å². The second-order valence-corrected chi connectivity index (χ2v) is 40.2. The molecule has 0 nitrogen and oxygen atoms in total. The molecule has 0 atom stereocenters. The Kier molecular flexibility index (Phi) is 7.47. The summed E-state index contributed by atoms with van der Waals surface area (Å²) in [6, 6.07) is 0. The molecule has 0 spiro atoms. The van der Waals surface area contributed by atoms with Crippen molar-refractivity contribution < 1.29 is 0 Å². The molecule has 0 radical (unpaired) electrons. The van der Waals surface area contributed by atoms with Gasteiger partial charge >= 0.3 is 76.3 Å². The average molecular weight is 358 g/mol. The molecular weight excluding hydrogens is 334 g/mol. The van der Waals surface area contributed by atoms with Crippen molar-refractivity contribution >= 4 is 36.8 Å². The van der Waals surface area contributed by atoms with Crippen LogP contribution in [0.4, 0.5) is 0 Å². The first-order valence-corrected chi connectivity index (χ1v) is 26.8. The van der Waals surface area contributed by atoms with Crippen LogP contribution < -0.4 is 0 Å². The molecule has 0 aromatic carbocycles. The molecule has 0 saturated heterocycles. The summed E-state index contributed by atoms with van der Waals surface area (Å²) in [4.78, 5) is 19.2. The van der Waals surface area contributed by atoms with Gasteiger partial charge in [0.2, 0.25) is 0 Å². The first-order chi connectivity index (χ1) is 4.00. The van der Waals surface area contributed by atoms with Gasteiger partial charge in [-0.2, -0.15) is 0 Å². The van der Waals surface area contributed by atoms with Gasteiger partial charge in [0.25, 0.3) is 0 Å².